The van der Waals surface area contributed by atoms with Gasteiger partial charge in [-0.2, -0.15) is 11.8 Å². The molecule has 0 bridgehead atoms. The van der Waals surface area contributed by atoms with E-state index in [1.54, 1.807) is 11.4 Å². The Balaban J connectivity index is 1.88. The lowest BCUT2D eigenvalue weighted by Gasteiger charge is -2.09. The molecule has 1 fully saturated rings. The van der Waals surface area contributed by atoms with E-state index in [1.807, 2.05) is 11.8 Å². The highest BCUT2D eigenvalue weighted by molar-refractivity contribution is 8.00. The summed E-state index contributed by atoms with van der Waals surface area (Å²) >= 11 is 3.36. The van der Waals surface area contributed by atoms with E-state index in [0.29, 0.717) is 16.7 Å². The van der Waals surface area contributed by atoms with Gasteiger partial charge in [-0.05, 0) is 37.6 Å². The predicted octanol–water partition coefficient (Wildman–Crippen LogP) is 2.42. The van der Waals surface area contributed by atoms with Crippen LogP contribution in [0, 0.1) is 0 Å². The molecule has 1 aliphatic rings. The number of thioether (sulfide) groups is 1. The van der Waals surface area contributed by atoms with Crippen molar-refractivity contribution in [2.75, 3.05) is 18.8 Å². The molecule has 1 aromatic rings. The Bertz CT molecular complexity index is 507. The van der Waals surface area contributed by atoms with Crippen LogP contribution in [0.4, 0.5) is 0 Å². The average Bonchev–Trinajstić information content (AvgIpc) is 3.08. The van der Waals surface area contributed by atoms with Crippen LogP contribution in [0.5, 0.6) is 0 Å². The molecule has 0 radical (unpaired) electrons. The zero-order valence-corrected chi connectivity index (χ0v) is 14.2. The third-order valence-corrected chi connectivity index (χ3v) is 7.08. The van der Waals surface area contributed by atoms with Crippen molar-refractivity contribution >= 4 is 33.1 Å². The van der Waals surface area contributed by atoms with Crippen LogP contribution in [-0.4, -0.2) is 32.5 Å². The maximum atomic E-state index is 12.2. The topological polar surface area (TPSA) is 58.2 Å². The lowest BCUT2D eigenvalue weighted by atomic mass is 10.2. The molecule has 2 N–H and O–H groups in total. The zero-order chi connectivity index (χ0) is 14.4. The van der Waals surface area contributed by atoms with Gasteiger partial charge in [0.1, 0.15) is 0 Å². The van der Waals surface area contributed by atoms with Crippen molar-refractivity contribution in [2.45, 2.75) is 42.9 Å². The summed E-state index contributed by atoms with van der Waals surface area (Å²) in [5.41, 5.74) is 0. The molecule has 0 spiro atoms. The summed E-state index contributed by atoms with van der Waals surface area (Å²) in [6.45, 7) is 4.36. The van der Waals surface area contributed by atoms with E-state index in [-0.39, 0.29) is 0 Å². The van der Waals surface area contributed by atoms with Gasteiger partial charge >= 0.3 is 0 Å². The summed E-state index contributed by atoms with van der Waals surface area (Å²) in [5.74, 6) is 1.15. The van der Waals surface area contributed by atoms with Gasteiger partial charge in [0.05, 0.1) is 4.90 Å². The molecule has 0 saturated carbocycles. The minimum absolute atomic E-state index is 0.402. The van der Waals surface area contributed by atoms with Crippen molar-refractivity contribution in [3.8, 4) is 0 Å². The molecule has 114 valence electrons. The van der Waals surface area contributed by atoms with E-state index < -0.39 is 10.0 Å². The Morgan fingerprint density at radius 3 is 3.00 bits per heavy atom. The minimum atomic E-state index is -3.34. The Labute approximate surface area is 129 Å². The number of sulfonamides is 1. The number of hydrogen-bond acceptors (Lipinski definition) is 5. The Hall–Kier alpha value is -0.0800. The van der Waals surface area contributed by atoms with Gasteiger partial charge in [0.2, 0.25) is 10.0 Å². The number of hydrogen-bond donors (Lipinski definition) is 2. The normalized spacial score (nSPS) is 19.6. The van der Waals surface area contributed by atoms with Crippen molar-refractivity contribution in [2.24, 2.45) is 0 Å². The second-order valence-corrected chi connectivity index (χ2v) is 9.08. The van der Waals surface area contributed by atoms with Crippen molar-refractivity contribution in [3.63, 3.8) is 0 Å². The molecule has 0 amide bonds. The summed E-state index contributed by atoms with van der Waals surface area (Å²) in [6.07, 6.45) is 3.39. The van der Waals surface area contributed by atoms with E-state index in [2.05, 4.69) is 17.0 Å². The summed E-state index contributed by atoms with van der Waals surface area (Å²) in [4.78, 5) is 1.47. The molecular formula is C13H22N2O2S3. The summed E-state index contributed by atoms with van der Waals surface area (Å²) < 4.78 is 27.1. The number of rotatable bonds is 8. The third-order valence-electron chi connectivity index (χ3n) is 3.19. The van der Waals surface area contributed by atoms with Gasteiger partial charge in [-0.15, -0.1) is 11.3 Å². The molecule has 1 unspecified atom stereocenters. The van der Waals surface area contributed by atoms with Crippen LogP contribution in [0.15, 0.2) is 16.3 Å². The molecule has 2 heterocycles. The van der Waals surface area contributed by atoms with Gasteiger partial charge in [0, 0.05) is 28.6 Å². The Morgan fingerprint density at radius 2 is 2.30 bits per heavy atom. The summed E-state index contributed by atoms with van der Waals surface area (Å²) in [7, 11) is -3.34. The van der Waals surface area contributed by atoms with Gasteiger partial charge in [0.25, 0.3) is 0 Å². The average molecular weight is 335 g/mol. The van der Waals surface area contributed by atoms with E-state index >= 15 is 0 Å². The van der Waals surface area contributed by atoms with Crippen LogP contribution in [0.2, 0.25) is 0 Å². The van der Waals surface area contributed by atoms with Gasteiger partial charge in [-0.1, -0.05) is 6.92 Å². The van der Waals surface area contributed by atoms with E-state index in [0.717, 1.165) is 36.6 Å². The summed E-state index contributed by atoms with van der Waals surface area (Å²) in [5, 5.41) is 5.45. The highest BCUT2D eigenvalue weighted by atomic mass is 32.2. The van der Waals surface area contributed by atoms with Gasteiger partial charge in [0.15, 0.2) is 0 Å². The Morgan fingerprint density at radius 1 is 1.45 bits per heavy atom. The second-order valence-electron chi connectivity index (χ2n) is 4.91. The highest BCUT2D eigenvalue weighted by Crippen LogP contribution is 2.26. The van der Waals surface area contributed by atoms with Crippen LogP contribution < -0.4 is 10.0 Å². The van der Waals surface area contributed by atoms with Crippen LogP contribution in [0.25, 0.3) is 0 Å². The van der Waals surface area contributed by atoms with Gasteiger partial charge in [-0.25, -0.2) is 13.1 Å². The molecule has 0 aromatic carbocycles. The highest BCUT2D eigenvalue weighted by Gasteiger charge is 2.21. The van der Waals surface area contributed by atoms with E-state index in [4.69, 9.17) is 0 Å². The zero-order valence-electron chi connectivity index (χ0n) is 11.7. The number of thiophene rings is 1. The summed E-state index contributed by atoms with van der Waals surface area (Å²) in [6, 6.07) is 1.78. The van der Waals surface area contributed by atoms with Crippen LogP contribution in [0.1, 0.15) is 31.1 Å². The van der Waals surface area contributed by atoms with Crippen molar-refractivity contribution in [1.29, 1.82) is 0 Å². The molecule has 1 saturated heterocycles. The first kappa shape index (κ1) is 16.3. The monoisotopic (exact) mass is 334 g/mol. The molecule has 4 nitrogen and oxygen atoms in total. The first-order valence-corrected chi connectivity index (χ1v) is 10.4. The molecule has 2 rings (SSSR count). The predicted molar refractivity (Wildman–Crippen MR) is 87.0 cm³/mol. The van der Waals surface area contributed by atoms with Crippen LogP contribution >= 0.6 is 23.1 Å². The fraction of sp³-hybridized carbons (Fsp3) is 0.692. The first-order valence-electron chi connectivity index (χ1n) is 7.01. The van der Waals surface area contributed by atoms with Gasteiger partial charge in [-0.3, -0.25) is 0 Å². The molecule has 0 aliphatic carbocycles. The Kier molecular flexibility index (Phi) is 6.35. The first-order chi connectivity index (χ1) is 9.62. The smallest absolute Gasteiger partial charge is 0.241 e. The SMILES string of the molecule is CCCNCc1cc(S(=O)(=O)NCC2CCCS2)cs1. The van der Waals surface area contributed by atoms with Crippen molar-refractivity contribution in [1.82, 2.24) is 10.0 Å². The molecule has 1 atom stereocenters. The van der Waals surface area contributed by atoms with Crippen molar-refractivity contribution < 1.29 is 8.42 Å². The van der Waals surface area contributed by atoms with Crippen LogP contribution in [0.3, 0.4) is 0 Å². The van der Waals surface area contributed by atoms with Gasteiger partial charge < -0.3 is 5.32 Å². The molecule has 20 heavy (non-hydrogen) atoms. The fourth-order valence-corrected chi connectivity index (χ4v) is 5.71. The molecular weight excluding hydrogens is 312 g/mol. The molecule has 1 aliphatic heterocycles. The standard InChI is InChI=1S/C13H22N2O2S3/c1-2-5-14-8-12-7-13(10-19-12)20(16,17)15-9-11-4-3-6-18-11/h7,10-11,14-15H,2-6,8-9H2,1H3. The lowest BCUT2D eigenvalue weighted by Crippen LogP contribution is -2.29. The molecule has 1 aromatic heterocycles. The lowest BCUT2D eigenvalue weighted by molar-refractivity contribution is 0.579. The third kappa shape index (κ3) is 4.73. The van der Waals surface area contributed by atoms with Crippen molar-refractivity contribution in [3.05, 3.63) is 16.3 Å². The second kappa shape index (κ2) is 7.79. The maximum Gasteiger partial charge on any atom is 0.241 e. The quantitative estimate of drug-likeness (QED) is 0.717. The fourth-order valence-electron chi connectivity index (χ4n) is 2.07. The number of nitrogens with one attached hydrogen (secondary N) is 2. The molecule has 7 heteroatoms. The maximum absolute atomic E-state index is 12.2. The van der Waals surface area contributed by atoms with Crippen LogP contribution in [-0.2, 0) is 16.6 Å². The largest absolute Gasteiger partial charge is 0.312 e. The minimum Gasteiger partial charge on any atom is -0.312 e. The van der Waals surface area contributed by atoms with E-state index in [9.17, 15) is 8.42 Å². The van der Waals surface area contributed by atoms with E-state index in [1.165, 1.54) is 17.8 Å².